The summed E-state index contributed by atoms with van der Waals surface area (Å²) in [5.74, 6) is 0.733. The van der Waals surface area contributed by atoms with Crippen molar-refractivity contribution in [1.29, 1.82) is 0 Å². The number of aromatic amines is 1. The molecule has 2 aliphatic carbocycles. The number of halogens is 1. The Morgan fingerprint density at radius 1 is 1.11 bits per heavy atom. The maximum absolute atomic E-state index is 12.2. The smallest absolute Gasteiger partial charge is 0.308 e. The molecule has 4 aromatic rings. The topological polar surface area (TPSA) is 117 Å². The number of H-pyrrole nitrogens is 1. The second kappa shape index (κ2) is 8.92. The third kappa shape index (κ3) is 4.23. The van der Waals surface area contributed by atoms with Crippen molar-refractivity contribution in [3.8, 4) is 22.6 Å². The van der Waals surface area contributed by atoms with E-state index in [0.717, 1.165) is 36.9 Å². The van der Waals surface area contributed by atoms with E-state index in [2.05, 4.69) is 20.3 Å². The molecule has 9 heteroatoms. The van der Waals surface area contributed by atoms with Crippen LogP contribution in [-0.4, -0.2) is 42.0 Å². The van der Waals surface area contributed by atoms with Crippen molar-refractivity contribution in [3.63, 3.8) is 0 Å². The van der Waals surface area contributed by atoms with Crippen molar-refractivity contribution in [2.24, 2.45) is 17.8 Å². The normalized spacial score (nSPS) is 23.8. The average Bonchev–Trinajstić information content (AvgIpc) is 3.29. The molecule has 2 aliphatic rings. The molecular formula is C26H25ClN6O2. The summed E-state index contributed by atoms with van der Waals surface area (Å²) in [6, 6.07) is 11.6. The molecule has 1 aromatic carbocycles. The van der Waals surface area contributed by atoms with Gasteiger partial charge >= 0.3 is 5.97 Å². The first-order chi connectivity index (χ1) is 17.0. The van der Waals surface area contributed by atoms with Crippen molar-refractivity contribution >= 4 is 34.6 Å². The fraction of sp³-hybridized carbons (Fsp3) is 0.346. The lowest BCUT2D eigenvalue weighted by molar-refractivity contribution is -0.145. The van der Waals surface area contributed by atoms with Crippen LogP contribution < -0.4 is 5.32 Å². The fourth-order valence-electron chi connectivity index (χ4n) is 5.79. The second-order valence-corrected chi connectivity index (χ2v) is 9.95. The summed E-state index contributed by atoms with van der Waals surface area (Å²) in [7, 11) is 0. The summed E-state index contributed by atoms with van der Waals surface area (Å²) in [6.07, 6.45) is 8.38. The van der Waals surface area contributed by atoms with Crippen LogP contribution in [0.25, 0.3) is 33.8 Å². The van der Waals surface area contributed by atoms with Crippen LogP contribution in [0.3, 0.4) is 0 Å². The van der Waals surface area contributed by atoms with Crippen LogP contribution in [0, 0.1) is 17.8 Å². The molecule has 0 spiro atoms. The van der Waals surface area contributed by atoms with Gasteiger partial charge in [0.2, 0.25) is 0 Å². The maximum Gasteiger partial charge on any atom is 0.308 e. The van der Waals surface area contributed by atoms with Crippen LogP contribution in [0.15, 0.2) is 48.8 Å². The number of nitrogens with one attached hydrogen (secondary N) is 2. The number of aliphatic carboxylic acids is 1. The maximum atomic E-state index is 12.2. The Kier molecular flexibility index (Phi) is 5.60. The van der Waals surface area contributed by atoms with Gasteiger partial charge in [-0.3, -0.25) is 4.79 Å². The third-order valence-corrected chi connectivity index (χ3v) is 7.55. The minimum absolute atomic E-state index is 0.173. The Labute approximate surface area is 207 Å². The van der Waals surface area contributed by atoms with E-state index in [1.807, 2.05) is 36.4 Å². The number of rotatable bonds is 5. The molecule has 6 rings (SSSR count). The fourth-order valence-corrected chi connectivity index (χ4v) is 5.92. The van der Waals surface area contributed by atoms with E-state index < -0.39 is 11.9 Å². The quantitative estimate of drug-likeness (QED) is 0.343. The van der Waals surface area contributed by atoms with E-state index in [0.29, 0.717) is 46.6 Å². The van der Waals surface area contributed by atoms with E-state index in [9.17, 15) is 9.90 Å². The zero-order valence-electron chi connectivity index (χ0n) is 19.0. The van der Waals surface area contributed by atoms with Gasteiger partial charge in [-0.05, 0) is 31.1 Å². The van der Waals surface area contributed by atoms with Crippen molar-refractivity contribution in [2.45, 2.75) is 38.1 Å². The number of hydrogen-bond acceptors (Lipinski definition) is 6. The minimum Gasteiger partial charge on any atom is -0.481 e. The van der Waals surface area contributed by atoms with Gasteiger partial charge in [-0.2, -0.15) is 0 Å². The molecular weight excluding hydrogens is 464 g/mol. The van der Waals surface area contributed by atoms with Crippen molar-refractivity contribution in [3.05, 3.63) is 53.9 Å². The molecule has 3 N–H and O–H groups in total. The van der Waals surface area contributed by atoms with Gasteiger partial charge in [-0.1, -0.05) is 54.8 Å². The summed E-state index contributed by atoms with van der Waals surface area (Å²) < 4.78 is 0. The summed E-state index contributed by atoms with van der Waals surface area (Å²) in [5.41, 5.74) is 3.56. The van der Waals surface area contributed by atoms with Crippen LogP contribution >= 0.6 is 11.6 Å². The van der Waals surface area contributed by atoms with Gasteiger partial charge in [0.15, 0.2) is 11.5 Å². The molecule has 35 heavy (non-hydrogen) atoms. The number of anilines is 1. The second-order valence-electron chi connectivity index (χ2n) is 9.56. The molecule has 3 aromatic heterocycles. The molecule has 2 bridgehead atoms. The number of nitrogens with zero attached hydrogens (tertiary/aromatic N) is 4. The molecule has 0 amide bonds. The van der Waals surface area contributed by atoms with Crippen LogP contribution in [0.4, 0.5) is 5.82 Å². The highest BCUT2D eigenvalue weighted by Crippen LogP contribution is 2.44. The van der Waals surface area contributed by atoms with Crippen LogP contribution in [0.1, 0.15) is 32.1 Å². The van der Waals surface area contributed by atoms with Crippen LogP contribution in [0.2, 0.25) is 5.15 Å². The highest BCUT2D eigenvalue weighted by atomic mass is 35.5. The Balaban J connectivity index is 1.45. The molecule has 4 atom stereocenters. The van der Waals surface area contributed by atoms with Gasteiger partial charge in [-0.25, -0.2) is 19.9 Å². The Hall–Kier alpha value is -3.52. The van der Waals surface area contributed by atoms with Crippen molar-refractivity contribution < 1.29 is 9.90 Å². The highest BCUT2D eigenvalue weighted by molar-refractivity contribution is 6.29. The van der Waals surface area contributed by atoms with Gasteiger partial charge < -0.3 is 15.4 Å². The molecule has 0 saturated heterocycles. The highest BCUT2D eigenvalue weighted by Gasteiger charge is 2.43. The lowest BCUT2D eigenvalue weighted by atomic mass is 9.65. The van der Waals surface area contributed by atoms with E-state index in [4.69, 9.17) is 21.6 Å². The first-order valence-electron chi connectivity index (χ1n) is 12.0. The molecule has 2 fully saturated rings. The zero-order chi connectivity index (χ0) is 23.9. The largest absolute Gasteiger partial charge is 0.481 e. The minimum atomic E-state index is -0.738. The van der Waals surface area contributed by atoms with Crippen molar-refractivity contribution in [2.75, 3.05) is 5.32 Å². The number of fused-ring (bicyclic) bond motifs is 3. The predicted octanol–water partition coefficient (Wildman–Crippen LogP) is 5.43. The number of carbonyl (C=O) groups is 1. The Morgan fingerprint density at radius 2 is 1.97 bits per heavy atom. The summed E-state index contributed by atoms with van der Waals surface area (Å²) in [6.45, 7) is 0. The van der Waals surface area contributed by atoms with E-state index in [1.54, 1.807) is 6.20 Å². The number of carboxylic acid groups (broad SMARTS) is 1. The predicted molar refractivity (Wildman–Crippen MR) is 134 cm³/mol. The molecule has 2 unspecified atom stereocenters. The molecule has 0 radical (unpaired) electrons. The van der Waals surface area contributed by atoms with Gasteiger partial charge in [-0.15, -0.1) is 0 Å². The van der Waals surface area contributed by atoms with E-state index >= 15 is 0 Å². The molecule has 178 valence electrons. The lowest BCUT2D eigenvalue weighted by Crippen LogP contribution is -2.47. The summed E-state index contributed by atoms with van der Waals surface area (Å²) >= 11 is 6.12. The third-order valence-electron chi connectivity index (χ3n) is 7.37. The monoisotopic (exact) mass is 488 g/mol. The standard InChI is InChI=1S/C26H25ClN6O2/c27-20-13-29-25-23(31-20)18(12-28-25)24-30-19(15-6-2-1-3-7-15)11-21(33-24)32-22-16-8-4-5-14(9-16)10-17(22)26(34)35/h1-3,6-7,11-14,16-17,22H,4-5,8-10H2,(H,28,29)(H,34,35)(H,30,32,33)/t14?,16?,17-,22-/m0/s1. The number of hydrogen-bond donors (Lipinski definition) is 3. The summed E-state index contributed by atoms with van der Waals surface area (Å²) in [4.78, 5) is 33.7. The first kappa shape index (κ1) is 22.0. The van der Waals surface area contributed by atoms with Crippen LogP contribution in [0.5, 0.6) is 0 Å². The molecule has 8 nitrogen and oxygen atoms in total. The van der Waals surface area contributed by atoms with Gasteiger partial charge in [0, 0.05) is 23.9 Å². The van der Waals surface area contributed by atoms with Crippen molar-refractivity contribution in [1.82, 2.24) is 24.9 Å². The molecule has 0 aliphatic heterocycles. The Bertz CT molecular complexity index is 1390. The van der Waals surface area contributed by atoms with E-state index in [-0.39, 0.29) is 11.2 Å². The lowest BCUT2D eigenvalue weighted by Gasteiger charge is -2.44. The number of benzene rings is 1. The average molecular weight is 489 g/mol. The number of carboxylic acids is 1. The van der Waals surface area contributed by atoms with Crippen LogP contribution in [-0.2, 0) is 4.79 Å². The first-order valence-corrected chi connectivity index (χ1v) is 12.4. The van der Waals surface area contributed by atoms with E-state index in [1.165, 1.54) is 6.20 Å². The summed E-state index contributed by atoms with van der Waals surface area (Å²) in [5, 5.41) is 13.8. The van der Waals surface area contributed by atoms with Gasteiger partial charge in [0.05, 0.1) is 23.4 Å². The molecule has 3 heterocycles. The Morgan fingerprint density at radius 3 is 2.80 bits per heavy atom. The van der Waals surface area contributed by atoms with Gasteiger partial charge in [0.1, 0.15) is 16.5 Å². The SMILES string of the molecule is O=C(O)[C@H]1CC2CCCC(C2)[C@@H]1Nc1cc(-c2ccccc2)nc(-c2c[nH]c3ncc(Cl)nc23)n1. The number of aromatic nitrogens is 5. The zero-order valence-corrected chi connectivity index (χ0v) is 19.7. The van der Waals surface area contributed by atoms with Gasteiger partial charge in [0.25, 0.3) is 0 Å². The molecule has 2 saturated carbocycles.